The number of nitrogens with zero attached hydrogens (tertiary/aromatic N) is 2. The Morgan fingerprint density at radius 3 is 2.59 bits per heavy atom. The number of fused-ring (bicyclic) bond motifs is 1. The average molecular weight is 747 g/mol. The van der Waals surface area contributed by atoms with Gasteiger partial charge in [-0.3, -0.25) is 9.36 Å². The van der Waals surface area contributed by atoms with Crippen LogP contribution in [0.5, 0.6) is 5.75 Å². The van der Waals surface area contributed by atoms with Crippen LogP contribution in [0.25, 0.3) is 6.08 Å². The summed E-state index contributed by atoms with van der Waals surface area (Å²) in [6.07, 6.45) is 1.80. The van der Waals surface area contributed by atoms with Crippen LogP contribution >= 0.6 is 49.9 Å². The first kappa shape index (κ1) is 29.4. The fourth-order valence-corrected chi connectivity index (χ4v) is 7.39. The third-order valence-electron chi connectivity index (χ3n) is 6.56. The van der Waals surface area contributed by atoms with Crippen LogP contribution in [0, 0.1) is 16.3 Å². The molecule has 0 aliphatic carbocycles. The Kier molecular flexibility index (Phi) is 8.91. The number of allylic oxidation sites excluding steroid dienone is 1. The Labute approximate surface area is 262 Å². The van der Waals surface area contributed by atoms with Gasteiger partial charge < -0.3 is 9.47 Å². The molecule has 0 N–H and O–H groups in total. The lowest BCUT2D eigenvalue weighted by atomic mass is 9.95. The summed E-state index contributed by atoms with van der Waals surface area (Å²) in [5.74, 6) is -0.226. The highest BCUT2D eigenvalue weighted by molar-refractivity contribution is 14.1. The average Bonchev–Trinajstić information content (AvgIpc) is 3.23. The number of carbonyl (C=O) groups excluding carboxylic acids is 1. The first-order valence-electron chi connectivity index (χ1n) is 12.8. The summed E-state index contributed by atoms with van der Waals surface area (Å²) in [5, 5.41) is 0. The number of esters is 1. The fraction of sp³-hybridized carbons (Fsp3) is 0.194. The van der Waals surface area contributed by atoms with Crippen molar-refractivity contribution < 1.29 is 18.7 Å². The van der Waals surface area contributed by atoms with E-state index in [4.69, 9.17) is 9.47 Å². The van der Waals surface area contributed by atoms with Gasteiger partial charge >= 0.3 is 5.97 Å². The van der Waals surface area contributed by atoms with Gasteiger partial charge in [-0.1, -0.05) is 59.4 Å². The molecule has 0 saturated heterocycles. The molecule has 2 heterocycles. The van der Waals surface area contributed by atoms with Gasteiger partial charge in [-0.2, -0.15) is 0 Å². The van der Waals surface area contributed by atoms with Crippen molar-refractivity contribution in [1.29, 1.82) is 0 Å². The van der Waals surface area contributed by atoms with E-state index in [9.17, 15) is 14.0 Å². The molecule has 5 rings (SSSR count). The third kappa shape index (κ3) is 6.09. The van der Waals surface area contributed by atoms with Crippen molar-refractivity contribution in [3.63, 3.8) is 0 Å². The zero-order valence-electron chi connectivity index (χ0n) is 22.4. The van der Waals surface area contributed by atoms with Crippen molar-refractivity contribution in [2.75, 3.05) is 6.61 Å². The van der Waals surface area contributed by atoms with Gasteiger partial charge in [0.25, 0.3) is 5.56 Å². The molecule has 3 aromatic carbocycles. The van der Waals surface area contributed by atoms with E-state index in [2.05, 4.69) is 43.5 Å². The summed E-state index contributed by atoms with van der Waals surface area (Å²) in [7, 11) is 0. The van der Waals surface area contributed by atoms with Crippen molar-refractivity contribution in [2.24, 2.45) is 4.99 Å². The van der Waals surface area contributed by atoms with Crippen molar-refractivity contribution in [3.05, 3.63) is 128 Å². The molecule has 0 unspecified atom stereocenters. The van der Waals surface area contributed by atoms with Crippen molar-refractivity contribution in [3.8, 4) is 5.75 Å². The lowest BCUT2D eigenvalue weighted by molar-refractivity contribution is -0.139. The smallest absolute Gasteiger partial charge is 0.338 e. The largest absolute Gasteiger partial charge is 0.486 e. The Bertz CT molecular complexity index is 1840. The van der Waals surface area contributed by atoms with E-state index in [0.717, 1.165) is 20.3 Å². The Hall–Kier alpha value is -3.09. The monoisotopic (exact) mass is 746 g/mol. The molecule has 0 spiro atoms. The summed E-state index contributed by atoms with van der Waals surface area (Å²) in [6.45, 7) is 5.80. The molecule has 10 heteroatoms. The van der Waals surface area contributed by atoms with Gasteiger partial charge in [0, 0.05) is 5.56 Å². The molecule has 1 aliphatic heterocycles. The predicted octanol–water partition coefficient (Wildman–Crippen LogP) is 6.19. The van der Waals surface area contributed by atoms with Gasteiger partial charge in [0.2, 0.25) is 0 Å². The van der Waals surface area contributed by atoms with Gasteiger partial charge in [-0.15, -0.1) is 0 Å². The highest BCUT2D eigenvalue weighted by atomic mass is 127. The molecular formula is C31H25BrFIN2O4S. The van der Waals surface area contributed by atoms with Crippen LogP contribution in [-0.4, -0.2) is 17.1 Å². The minimum atomic E-state index is -0.658. The number of thiazole rings is 1. The Balaban J connectivity index is 1.56. The molecule has 0 amide bonds. The SMILES string of the molecule is CCOC(=O)C1=C(C)N=c2s/c(=C/c3cc(Br)c(OCc4ccccc4F)c(I)c3)c(=O)n2[C@@H]1c1ccc(C)cc1. The van der Waals surface area contributed by atoms with Gasteiger partial charge in [0.15, 0.2) is 4.80 Å². The maximum atomic E-state index is 14.1. The molecule has 4 aromatic rings. The van der Waals surface area contributed by atoms with Crippen LogP contribution in [-0.2, 0) is 16.1 Å². The van der Waals surface area contributed by atoms with Gasteiger partial charge in [-0.25, -0.2) is 14.2 Å². The van der Waals surface area contributed by atoms with Gasteiger partial charge in [0.05, 0.1) is 36.5 Å². The minimum absolute atomic E-state index is 0.0837. The zero-order chi connectivity index (χ0) is 29.3. The number of carbonyl (C=O) groups is 1. The third-order valence-corrected chi connectivity index (χ3v) is 8.93. The normalized spacial score (nSPS) is 15.0. The highest BCUT2D eigenvalue weighted by Crippen LogP contribution is 2.34. The van der Waals surface area contributed by atoms with E-state index < -0.39 is 12.0 Å². The molecule has 6 nitrogen and oxygen atoms in total. The van der Waals surface area contributed by atoms with Crippen molar-refractivity contribution in [2.45, 2.75) is 33.4 Å². The van der Waals surface area contributed by atoms with Crippen LogP contribution < -0.4 is 19.6 Å². The quantitative estimate of drug-likeness (QED) is 0.167. The molecule has 0 fully saturated rings. The molecule has 1 aromatic heterocycles. The second-order valence-electron chi connectivity index (χ2n) is 9.41. The Morgan fingerprint density at radius 2 is 1.90 bits per heavy atom. The molecule has 41 heavy (non-hydrogen) atoms. The summed E-state index contributed by atoms with van der Waals surface area (Å²) in [4.78, 5) is 32.1. The lowest BCUT2D eigenvalue weighted by Crippen LogP contribution is -2.39. The molecule has 0 saturated carbocycles. The van der Waals surface area contributed by atoms with E-state index in [-0.39, 0.29) is 24.6 Å². The van der Waals surface area contributed by atoms with Crippen molar-refractivity contribution >= 4 is 61.9 Å². The fourth-order valence-electron chi connectivity index (χ4n) is 4.57. The van der Waals surface area contributed by atoms with Gasteiger partial charge in [-0.05, 0) is 94.7 Å². The number of ether oxygens (including phenoxy) is 2. The maximum absolute atomic E-state index is 14.1. The number of rotatable bonds is 7. The number of benzene rings is 3. The van der Waals surface area contributed by atoms with Crippen LogP contribution in [0.15, 0.2) is 86.2 Å². The van der Waals surface area contributed by atoms with E-state index in [1.54, 1.807) is 42.7 Å². The minimum Gasteiger partial charge on any atom is -0.486 e. The van der Waals surface area contributed by atoms with Crippen LogP contribution in [0.3, 0.4) is 0 Å². The predicted molar refractivity (Wildman–Crippen MR) is 169 cm³/mol. The number of aryl methyl sites for hydroxylation is 1. The Morgan fingerprint density at radius 1 is 1.17 bits per heavy atom. The van der Waals surface area contributed by atoms with E-state index in [1.807, 2.05) is 43.3 Å². The number of aromatic nitrogens is 1. The molecule has 0 bridgehead atoms. The zero-order valence-corrected chi connectivity index (χ0v) is 27.0. The molecule has 1 aliphatic rings. The summed E-state index contributed by atoms with van der Waals surface area (Å²) in [6, 6.07) is 17.3. The first-order valence-corrected chi connectivity index (χ1v) is 15.5. The molecular weight excluding hydrogens is 722 g/mol. The van der Waals surface area contributed by atoms with Crippen LogP contribution in [0.1, 0.15) is 42.1 Å². The van der Waals surface area contributed by atoms with E-state index in [1.165, 1.54) is 17.4 Å². The highest BCUT2D eigenvalue weighted by Gasteiger charge is 2.33. The molecule has 210 valence electrons. The number of hydrogen-bond acceptors (Lipinski definition) is 6. The maximum Gasteiger partial charge on any atom is 0.338 e. The summed E-state index contributed by atoms with van der Waals surface area (Å²) >= 11 is 7.00. The summed E-state index contributed by atoms with van der Waals surface area (Å²) < 4.78 is 28.9. The molecule has 0 radical (unpaired) electrons. The lowest BCUT2D eigenvalue weighted by Gasteiger charge is -2.24. The first-order chi connectivity index (χ1) is 19.7. The number of halogens is 3. The molecule has 1 atom stereocenters. The van der Waals surface area contributed by atoms with E-state index >= 15 is 0 Å². The standard InChI is InChI=1S/C31H25BrFIN2O4S/c1-4-39-30(38)26-18(3)35-31-36(27(26)20-11-9-17(2)10-12-20)29(37)25(41-31)15-19-13-22(32)28(24(34)14-19)40-16-21-7-5-6-8-23(21)33/h5-15,27H,4,16H2,1-3H3/b25-15+/t27-/m1/s1. The van der Waals surface area contributed by atoms with Crippen molar-refractivity contribution in [1.82, 2.24) is 4.57 Å². The van der Waals surface area contributed by atoms with E-state index in [0.29, 0.717) is 36.4 Å². The second-order valence-corrected chi connectivity index (χ2v) is 12.4. The van der Waals surface area contributed by atoms with Crippen LogP contribution in [0.4, 0.5) is 4.39 Å². The second kappa shape index (κ2) is 12.4. The summed E-state index contributed by atoms with van der Waals surface area (Å²) in [5.41, 5.74) is 3.73. The van der Waals surface area contributed by atoms with Gasteiger partial charge in [0.1, 0.15) is 18.2 Å². The van der Waals surface area contributed by atoms with Crippen LogP contribution in [0.2, 0.25) is 0 Å². The number of hydrogen-bond donors (Lipinski definition) is 0. The topological polar surface area (TPSA) is 69.9 Å².